The Morgan fingerprint density at radius 1 is 1.23 bits per heavy atom. The molecular weight excluding hydrogens is 180 g/mol. The normalized spacial score (nSPS) is 12.9. The van der Waals surface area contributed by atoms with Gasteiger partial charge in [-0.05, 0) is 50.3 Å². The molecular formula is C12H17Cl. The molecule has 72 valence electrons. The minimum absolute atomic E-state index is 0.277. The molecule has 0 aliphatic carbocycles. The Balaban J connectivity index is 2.75. The van der Waals surface area contributed by atoms with Gasteiger partial charge in [-0.2, -0.15) is 0 Å². The topological polar surface area (TPSA) is 0 Å². The van der Waals surface area contributed by atoms with Crippen LogP contribution in [0, 0.1) is 13.8 Å². The Morgan fingerprint density at radius 2 is 1.77 bits per heavy atom. The van der Waals surface area contributed by atoms with Crippen LogP contribution in [-0.4, -0.2) is 5.38 Å². The Labute approximate surface area is 85.9 Å². The first-order valence-corrected chi connectivity index (χ1v) is 5.24. The van der Waals surface area contributed by atoms with E-state index in [1.807, 2.05) is 0 Å². The molecule has 13 heavy (non-hydrogen) atoms. The highest BCUT2D eigenvalue weighted by Crippen LogP contribution is 2.17. The summed E-state index contributed by atoms with van der Waals surface area (Å²) in [5.41, 5.74) is 4.24. The van der Waals surface area contributed by atoms with Crippen LogP contribution in [0.25, 0.3) is 0 Å². The first kappa shape index (κ1) is 10.6. The molecule has 0 aliphatic rings. The molecule has 0 heterocycles. The minimum atomic E-state index is 0.277. The molecule has 0 nitrogen and oxygen atoms in total. The summed E-state index contributed by atoms with van der Waals surface area (Å²) < 4.78 is 0. The molecule has 0 aliphatic heterocycles. The molecule has 0 amide bonds. The quantitative estimate of drug-likeness (QED) is 0.644. The van der Waals surface area contributed by atoms with Gasteiger partial charge in [-0.25, -0.2) is 0 Å². The van der Waals surface area contributed by atoms with E-state index in [1.165, 1.54) is 16.7 Å². The lowest BCUT2D eigenvalue weighted by Crippen LogP contribution is -1.98. The van der Waals surface area contributed by atoms with E-state index in [2.05, 4.69) is 39.0 Å². The highest BCUT2D eigenvalue weighted by atomic mass is 35.5. The molecule has 0 fully saturated rings. The van der Waals surface area contributed by atoms with E-state index in [-0.39, 0.29) is 5.38 Å². The molecule has 1 rings (SSSR count). The summed E-state index contributed by atoms with van der Waals surface area (Å²) in [6.45, 7) is 6.39. The van der Waals surface area contributed by atoms with Crippen molar-refractivity contribution < 1.29 is 0 Å². The molecule has 0 N–H and O–H groups in total. The van der Waals surface area contributed by atoms with E-state index in [4.69, 9.17) is 11.6 Å². The minimum Gasteiger partial charge on any atom is -0.123 e. The van der Waals surface area contributed by atoms with Crippen LogP contribution < -0.4 is 0 Å². The van der Waals surface area contributed by atoms with E-state index < -0.39 is 0 Å². The maximum Gasteiger partial charge on any atom is 0.0311 e. The lowest BCUT2D eigenvalue weighted by atomic mass is 9.98. The summed E-state index contributed by atoms with van der Waals surface area (Å²) in [5, 5.41) is 0.277. The van der Waals surface area contributed by atoms with Crippen molar-refractivity contribution in [3.63, 3.8) is 0 Å². The van der Waals surface area contributed by atoms with Gasteiger partial charge >= 0.3 is 0 Å². The summed E-state index contributed by atoms with van der Waals surface area (Å²) in [6.07, 6.45) is 2.16. The van der Waals surface area contributed by atoms with Crippen LogP contribution in [0.2, 0.25) is 0 Å². The average molecular weight is 197 g/mol. The fourth-order valence-corrected chi connectivity index (χ4v) is 1.70. The van der Waals surface area contributed by atoms with Crippen LogP contribution >= 0.6 is 11.6 Å². The standard InChI is InChI=1S/C12H17Cl/c1-9-5-4-6-10(2)12(9)8-7-11(3)13/h4-6,11H,7-8H2,1-3H3. The third-order valence-electron chi connectivity index (χ3n) is 2.44. The van der Waals surface area contributed by atoms with Gasteiger partial charge in [0.05, 0.1) is 0 Å². The van der Waals surface area contributed by atoms with Gasteiger partial charge in [-0.1, -0.05) is 18.2 Å². The Kier molecular flexibility index (Phi) is 3.80. The van der Waals surface area contributed by atoms with Gasteiger partial charge in [0, 0.05) is 5.38 Å². The number of rotatable bonds is 3. The van der Waals surface area contributed by atoms with Gasteiger partial charge in [0.15, 0.2) is 0 Å². The highest BCUT2D eigenvalue weighted by molar-refractivity contribution is 6.20. The fourth-order valence-electron chi connectivity index (χ4n) is 1.59. The summed E-state index contributed by atoms with van der Waals surface area (Å²) in [4.78, 5) is 0. The summed E-state index contributed by atoms with van der Waals surface area (Å²) in [7, 11) is 0. The van der Waals surface area contributed by atoms with Gasteiger partial charge in [0.25, 0.3) is 0 Å². The monoisotopic (exact) mass is 196 g/mol. The summed E-state index contributed by atoms with van der Waals surface area (Å²) in [6, 6.07) is 6.45. The molecule has 1 aromatic carbocycles. The SMILES string of the molecule is Cc1cccc(C)c1CCC(C)Cl. The highest BCUT2D eigenvalue weighted by Gasteiger charge is 2.03. The predicted octanol–water partition coefficient (Wildman–Crippen LogP) is 3.86. The number of halogens is 1. The molecule has 1 heteroatoms. The van der Waals surface area contributed by atoms with Crippen LogP contribution in [-0.2, 0) is 6.42 Å². The summed E-state index contributed by atoms with van der Waals surface area (Å²) in [5.74, 6) is 0. The van der Waals surface area contributed by atoms with Crippen LogP contribution in [0.4, 0.5) is 0 Å². The number of hydrogen-bond acceptors (Lipinski definition) is 0. The third-order valence-corrected chi connectivity index (χ3v) is 2.65. The molecule has 0 aromatic heterocycles. The average Bonchev–Trinajstić information content (AvgIpc) is 2.03. The summed E-state index contributed by atoms with van der Waals surface area (Å²) >= 11 is 5.93. The van der Waals surface area contributed by atoms with Gasteiger partial charge in [-0.3, -0.25) is 0 Å². The van der Waals surface area contributed by atoms with Gasteiger partial charge < -0.3 is 0 Å². The first-order chi connectivity index (χ1) is 6.11. The van der Waals surface area contributed by atoms with Crippen LogP contribution in [0.3, 0.4) is 0 Å². The Hall–Kier alpha value is -0.490. The van der Waals surface area contributed by atoms with Crippen molar-refractivity contribution >= 4 is 11.6 Å². The molecule has 1 atom stereocenters. The number of aryl methyl sites for hydroxylation is 2. The number of benzene rings is 1. The molecule has 1 aromatic rings. The zero-order valence-corrected chi connectivity index (χ0v) is 9.36. The lowest BCUT2D eigenvalue weighted by molar-refractivity contribution is 0.795. The molecule has 0 spiro atoms. The number of alkyl halides is 1. The molecule has 1 unspecified atom stereocenters. The molecule has 0 saturated heterocycles. The predicted molar refractivity (Wildman–Crippen MR) is 59.6 cm³/mol. The Morgan fingerprint density at radius 3 is 2.23 bits per heavy atom. The van der Waals surface area contributed by atoms with Gasteiger partial charge in [-0.15, -0.1) is 11.6 Å². The van der Waals surface area contributed by atoms with E-state index in [9.17, 15) is 0 Å². The van der Waals surface area contributed by atoms with Crippen LogP contribution in [0.5, 0.6) is 0 Å². The molecule has 0 bridgehead atoms. The van der Waals surface area contributed by atoms with Crippen molar-refractivity contribution in [2.45, 2.75) is 39.0 Å². The Bertz CT molecular complexity index is 256. The first-order valence-electron chi connectivity index (χ1n) is 4.80. The van der Waals surface area contributed by atoms with Crippen molar-refractivity contribution in [2.24, 2.45) is 0 Å². The zero-order chi connectivity index (χ0) is 9.84. The zero-order valence-electron chi connectivity index (χ0n) is 8.60. The van der Waals surface area contributed by atoms with Gasteiger partial charge in [0.2, 0.25) is 0 Å². The second-order valence-corrected chi connectivity index (χ2v) is 4.43. The van der Waals surface area contributed by atoms with Crippen molar-refractivity contribution in [1.29, 1.82) is 0 Å². The van der Waals surface area contributed by atoms with E-state index in [1.54, 1.807) is 0 Å². The lowest BCUT2D eigenvalue weighted by Gasteiger charge is -2.09. The largest absolute Gasteiger partial charge is 0.123 e. The number of hydrogen-bond donors (Lipinski definition) is 0. The maximum atomic E-state index is 5.93. The second-order valence-electron chi connectivity index (χ2n) is 3.69. The van der Waals surface area contributed by atoms with Crippen LogP contribution in [0.15, 0.2) is 18.2 Å². The second kappa shape index (κ2) is 4.66. The van der Waals surface area contributed by atoms with Crippen molar-refractivity contribution in [3.05, 3.63) is 34.9 Å². The molecule has 0 saturated carbocycles. The molecule has 0 radical (unpaired) electrons. The smallest absolute Gasteiger partial charge is 0.0311 e. The van der Waals surface area contributed by atoms with Crippen molar-refractivity contribution in [1.82, 2.24) is 0 Å². The van der Waals surface area contributed by atoms with Gasteiger partial charge in [0.1, 0.15) is 0 Å². The van der Waals surface area contributed by atoms with E-state index in [0.717, 1.165) is 12.8 Å². The third kappa shape index (κ3) is 3.04. The maximum absolute atomic E-state index is 5.93. The van der Waals surface area contributed by atoms with Crippen molar-refractivity contribution in [2.75, 3.05) is 0 Å². The van der Waals surface area contributed by atoms with Crippen molar-refractivity contribution in [3.8, 4) is 0 Å². The van der Waals surface area contributed by atoms with E-state index in [0.29, 0.717) is 0 Å². The van der Waals surface area contributed by atoms with Crippen LogP contribution in [0.1, 0.15) is 30.0 Å². The van der Waals surface area contributed by atoms with E-state index >= 15 is 0 Å². The fraction of sp³-hybridized carbons (Fsp3) is 0.500.